The van der Waals surface area contributed by atoms with Gasteiger partial charge in [-0.25, -0.2) is 9.59 Å². The zero-order valence-corrected chi connectivity index (χ0v) is 18.0. The van der Waals surface area contributed by atoms with Crippen LogP contribution in [0.15, 0.2) is 52.1 Å². The van der Waals surface area contributed by atoms with Gasteiger partial charge in [-0.2, -0.15) is 5.10 Å². The smallest absolute Gasteiger partial charge is 0.357 e. The van der Waals surface area contributed by atoms with Gasteiger partial charge in [0.2, 0.25) is 0 Å². The van der Waals surface area contributed by atoms with E-state index in [1.807, 2.05) is 56.3 Å². The lowest BCUT2D eigenvalue weighted by atomic mass is 10.0. The summed E-state index contributed by atoms with van der Waals surface area (Å²) in [6.07, 6.45) is 0. The maximum atomic E-state index is 13.0. The maximum Gasteiger partial charge on any atom is 0.357 e. The van der Waals surface area contributed by atoms with E-state index in [1.165, 1.54) is 16.3 Å². The molecule has 0 saturated heterocycles. The van der Waals surface area contributed by atoms with Crippen molar-refractivity contribution in [3.63, 3.8) is 0 Å². The zero-order valence-electron chi connectivity index (χ0n) is 18.0. The summed E-state index contributed by atoms with van der Waals surface area (Å²) in [6.45, 7) is 5.77. The lowest BCUT2D eigenvalue weighted by Crippen LogP contribution is -2.39. The summed E-state index contributed by atoms with van der Waals surface area (Å²) in [6, 6.07) is 13.6. The van der Waals surface area contributed by atoms with E-state index < -0.39 is 17.2 Å². The van der Waals surface area contributed by atoms with Gasteiger partial charge in [0.25, 0.3) is 5.56 Å². The van der Waals surface area contributed by atoms with Crippen LogP contribution in [0.4, 0.5) is 0 Å². The number of fused-ring (bicyclic) bond motifs is 2. The minimum atomic E-state index is -0.642. The standard InChI is InChI=1S/C23H24N4O4/c1-5-31-22(29)19-18-20(27(14(2)3)23(30)25(4)21(18)28)24-26(19)13-16-11-8-10-15-9-6-7-12-17(15)16/h6-12,14H,5,13H2,1-4H3. The summed E-state index contributed by atoms with van der Waals surface area (Å²) in [4.78, 5) is 38.7. The van der Waals surface area contributed by atoms with Gasteiger partial charge in [0.05, 0.1) is 13.2 Å². The molecule has 0 aliphatic heterocycles. The predicted molar refractivity (Wildman–Crippen MR) is 119 cm³/mol. The molecule has 0 aliphatic carbocycles. The summed E-state index contributed by atoms with van der Waals surface area (Å²) in [5.41, 5.74) is 0.139. The van der Waals surface area contributed by atoms with E-state index in [2.05, 4.69) is 5.10 Å². The fraction of sp³-hybridized carbons (Fsp3) is 0.304. The number of rotatable bonds is 5. The van der Waals surface area contributed by atoms with E-state index in [1.54, 1.807) is 6.92 Å². The molecule has 2 aromatic heterocycles. The van der Waals surface area contributed by atoms with Crippen molar-refractivity contribution in [3.05, 3.63) is 74.6 Å². The first-order chi connectivity index (χ1) is 14.8. The predicted octanol–water partition coefficient (Wildman–Crippen LogP) is 2.86. The average Bonchev–Trinajstić information content (AvgIpc) is 3.11. The Hall–Kier alpha value is -3.68. The highest BCUT2D eigenvalue weighted by Crippen LogP contribution is 2.23. The number of carbonyl (C=O) groups excluding carboxylic acids is 1. The van der Waals surface area contributed by atoms with E-state index in [0.717, 1.165) is 20.9 Å². The molecule has 0 atom stereocenters. The topological polar surface area (TPSA) is 88.1 Å². The molecule has 160 valence electrons. The zero-order chi connectivity index (χ0) is 22.3. The third-order valence-electron chi connectivity index (χ3n) is 5.36. The summed E-state index contributed by atoms with van der Waals surface area (Å²) in [5, 5.41) is 6.74. The van der Waals surface area contributed by atoms with E-state index in [9.17, 15) is 14.4 Å². The summed E-state index contributed by atoms with van der Waals surface area (Å²) < 4.78 is 9.17. The van der Waals surface area contributed by atoms with Crippen molar-refractivity contribution in [2.75, 3.05) is 6.61 Å². The Bertz CT molecular complexity index is 1420. The number of ether oxygens (including phenoxy) is 1. The molecule has 0 saturated carbocycles. The fourth-order valence-corrected chi connectivity index (χ4v) is 3.90. The Morgan fingerprint density at radius 3 is 2.52 bits per heavy atom. The van der Waals surface area contributed by atoms with Crippen molar-refractivity contribution in [2.24, 2.45) is 7.05 Å². The molecule has 4 rings (SSSR count). The second-order valence-corrected chi connectivity index (χ2v) is 7.67. The Kier molecular flexibility index (Phi) is 5.22. The van der Waals surface area contributed by atoms with E-state index >= 15 is 0 Å². The van der Waals surface area contributed by atoms with Gasteiger partial charge in [0, 0.05) is 13.1 Å². The molecule has 4 aromatic rings. The first kappa shape index (κ1) is 20.6. The highest BCUT2D eigenvalue weighted by atomic mass is 16.5. The SMILES string of the molecule is CCOC(=O)c1c2c(=O)n(C)c(=O)n(C(C)C)c2nn1Cc1cccc2ccccc12. The molecule has 0 radical (unpaired) electrons. The number of aromatic nitrogens is 4. The van der Waals surface area contributed by atoms with Crippen molar-refractivity contribution >= 4 is 27.8 Å². The average molecular weight is 420 g/mol. The van der Waals surface area contributed by atoms with Crippen LogP contribution < -0.4 is 11.2 Å². The van der Waals surface area contributed by atoms with Gasteiger partial charge >= 0.3 is 11.7 Å². The third-order valence-corrected chi connectivity index (χ3v) is 5.36. The van der Waals surface area contributed by atoms with Crippen LogP contribution in [0.25, 0.3) is 21.8 Å². The van der Waals surface area contributed by atoms with Crippen molar-refractivity contribution in [1.29, 1.82) is 0 Å². The number of hydrogen-bond acceptors (Lipinski definition) is 5. The lowest BCUT2D eigenvalue weighted by molar-refractivity contribution is 0.0515. The van der Waals surface area contributed by atoms with Crippen LogP contribution in [-0.2, 0) is 18.3 Å². The molecule has 8 heteroatoms. The van der Waals surface area contributed by atoms with Crippen molar-refractivity contribution in [3.8, 4) is 0 Å². The maximum absolute atomic E-state index is 13.0. The minimum Gasteiger partial charge on any atom is -0.461 e. The van der Waals surface area contributed by atoms with Crippen LogP contribution in [-0.4, -0.2) is 31.5 Å². The van der Waals surface area contributed by atoms with Crippen LogP contribution in [0.5, 0.6) is 0 Å². The second-order valence-electron chi connectivity index (χ2n) is 7.67. The van der Waals surface area contributed by atoms with Gasteiger partial charge in [-0.3, -0.25) is 18.6 Å². The number of esters is 1. The molecule has 0 bridgehead atoms. The molecule has 2 heterocycles. The van der Waals surface area contributed by atoms with Crippen molar-refractivity contribution < 1.29 is 9.53 Å². The summed E-state index contributed by atoms with van der Waals surface area (Å²) >= 11 is 0. The second kappa shape index (κ2) is 7.86. The number of benzene rings is 2. The molecule has 8 nitrogen and oxygen atoms in total. The highest BCUT2D eigenvalue weighted by Gasteiger charge is 2.27. The number of carbonyl (C=O) groups is 1. The minimum absolute atomic E-state index is 0.0554. The van der Waals surface area contributed by atoms with Crippen molar-refractivity contribution in [1.82, 2.24) is 18.9 Å². The molecule has 0 N–H and O–H groups in total. The molecule has 0 aliphatic rings. The Morgan fingerprint density at radius 1 is 1.10 bits per heavy atom. The Morgan fingerprint density at radius 2 is 1.81 bits per heavy atom. The van der Waals surface area contributed by atoms with Crippen LogP contribution in [0, 0.1) is 0 Å². The monoisotopic (exact) mass is 420 g/mol. The lowest BCUT2D eigenvalue weighted by Gasteiger charge is -2.11. The van der Waals surface area contributed by atoms with Crippen molar-refractivity contribution in [2.45, 2.75) is 33.4 Å². The first-order valence-electron chi connectivity index (χ1n) is 10.2. The van der Waals surface area contributed by atoms with Gasteiger partial charge in [0.1, 0.15) is 5.39 Å². The summed E-state index contributed by atoms with van der Waals surface area (Å²) in [5.74, 6) is -0.642. The quantitative estimate of drug-likeness (QED) is 0.463. The fourth-order valence-electron chi connectivity index (χ4n) is 3.90. The van der Waals surface area contributed by atoms with Crippen LogP contribution in [0.1, 0.15) is 42.9 Å². The van der Waals surface area contributed by atoms with Gasteiger partial charge in [0.15, 0.2) is 11.3 Å². The normalized spacial score (nSPS) is 11.5. The van der Waals surface area contributed by atoms with Crippen LogP contribution >= 0.6 is 0 Å². The Labute approximate surface area is 178 Å². The molecular weight excluding hydrogens is 396 g/mol. The molecule has 0 unspecified atom stereocenters. The van der Waals surface area contributed by atoms with Gasteiger partial charge in [-0.15, -0.1) is 0 Å². The van der Waals surface area contributed by atoms with E-state index in [-0.39, 0.29) is 35.9 Å². The van der Waals surface area contributed by atoms with Gasteiger partial charge < -0.3 is 4.74 Å². The van der Waals surface area contributed by atoms with Gasteiger partial charge in [-0.1, -0.05) is 42.5 Å². The molecule has 0 fully saturated rings. The van der Waals surface area contributed by atoms with Crippen LogP contribution in [0.3, 0.4) is 0 Å². The third kappa shape index (κ3) is 3.34. The van der Waals surface area contributed by atoms with E-state index in [0.29, 0.717) is 0 Å². The Balaban J connectivity index is 2.05. The van der Waals surface area contributed by atoms with Gasteiger partial charge in [-0.05, 0) is 37.1 Å². The highest BCUT2D eigenvalue weighted by molar-refractivity contribution is 6.01. The molecular formula is C23H24N4O4. The number of hydrogen-bond donors (Lipinski definition) is 0. The molecule has 0 amide bonds. The largest absolute Gasteiger partial charge is 0.461 e. The molecule has 0 spiro atoms. The van der Waals surface area contributed by atoms with Crippen LogP contribution in [0.2, 0.25) is 0 Å². The molecule has 31 heavy (non-hydrogen) atoms. The summed E-state index contributed by atoms with van der Waals surface area (Å²) in [7, 11) is 1.40. The number of nitrogens with zero attached hydrogens (tertiary/aromatic N) is 4. The van der Waals surface area contributed by atoms with E-state index in [4.69, 9.17) is 4.74 Å². The molecule has 2 aromatic carbocycles. The first-order valence-corrected chi connectivity index (χ1v) is 10.2.